The number of hydrogen-bond donors (Lipinski definition) is 6. The molecule has 0 aromatic heterocycles. The molecule has 0 aliphatic rings. The third kappa shape index (κ3) is 9.71. The predicted molar refractivity (Wildman–Crippen MR) is 280 cm³/mol. The number of phenols is 6. The van der Waals surface area contributed by atoms with Gasteiger partial charge in [0.05, 0.1) is 0 Å². The van der Waals surface area contributed by atoms with Crippen LogP contribution in [0.1, 0.15) is 45.2 Å². The molecule has 70 heavy (non-hydrogen) atoms. The Morgan fingerprint density at radius 2 is 0.557 bits per heavy atom. The van der Waals surface area contributed by atoms with Crippen molar-refractivity contribution in [3.63, 3.8) is 0 Å². The van der Waals surface area contributed by atoms with Crippen LogP contribution in [0.15, 0.2) is 231 Å². The summed E-state index contributed by atoms with van der Waals surface area (Å²) >= 11 is 0. The maximum absolute atomic E-state index is 11.8. The molecule has 0 aliphatic heterocycles. The Hall–Kier alpha value is -9.00. The normalized spacial score (nSPS) is 12.1. The van der Waals surface area contributed by atoms with E-state index in [0.29, 0.717) is 24.0 Å². The minimum absolute atomic E-state index is 0.0895. The molecule has 6 nitrogen and oxygen atoms in total. The average molecular weight is 915 g/mol. The minimum Gasteiger partial charge on any atom is -0.508 e. The maximum Gasteiger partial charge on any atom is 0.119 e. The van der Waals surface area contributed by atoms with Gasteiger partial charge in [-0.1, -0.05) is 158 Å². The smallest absolute Gasteiger partial charge is 0.119 e. The fourth-order valence-electron chi connectivity index (χ4n) is 9.69. The molecule has 0 saturated carbocycles. The summed E-state index contributed by atoms with van der Waals surface area (Å²) in [5.41, 5.74) is 14.4. The van der Waals surface area contributed by atoms with Gasteiger partial charge in [0.1, 0.15) is 34.5 Å². The highest BCUT2D eigenvalue weighted by Gasteiger charge is 2.26. The van der Waals surface area contributed by atoms with Crippen molar-refractivity contribution in [2.24, 2.45) is 0 Å². The number of benzene rings is 10. The van der Waals surface area contributed by atoms with Gasteiger partial charge in [-0.15, -0.1) is 0 Å². The summed E-state index contributed by atoms with van der Waals surface area (Å²) in [6.07, 6.45) is 0.752. The van der Waals surface area contributed by atoms with E-state index in [1.165, 1.54) is 0 Å². The van der Waals surface area contributed by atoms with Gasteiger partial charge in [-0.3, -0.25) is 0 Å². The molecule has 0 radical (unpaired) electrons. The number of rotatable bonds is 13. The first kappa shape index (κ1) is 44.8. The molecule has 6 N–H and O–H groups in total. The summed E-state index contributed by atoms with van der Waals surface area (Å²) in [6, 6.07) is 73.0. The van der Waals surface area contributed by atoms with Crippen LogP contribution in [0.5, 0.6) is 34.5 Å². The third-order valence-corrected chi connectivity index (χ3v) is 13.4. The van der Waals surface area contributed by atoms with E-state index in [-0.39, 0.29) is 34.5 Å². The summed E-state index contributed by atoms with van der Waals surface area (Å²) < 4.78 is 0. The monoisotopic (exact) mass is 914 g/mol. The van der Waals surface area contributed by atoms with Gasteiger partial charge in [0.25, 0.3) is 0 Å². The second kappa shape index (κ2) is 19.7. The van der Waals surface area contributed by atoms with Crippen LogP contribution in [0.2, 0.25) is 0 Å². The van der Waals surface area contributed by atoms with Crippen molar-refractivity contribution in [2.75, 3.05) is 0 Å². The zero-order chi connectivity index (χ0) is 48.1. The van der Waals surface area contributed by atoms with E-state index in [0.717, 1.165) is 77.9 Å². The van der Waals surface area contributed by atoms with Crippen molar-refractivity contribution in [3.8, 4) is 90.1 Å². The van der Waals surface area contributed by atoms with Gasteiger partial charge in [0.2, 0.25) is 0 Å². The second-order valence-corrected chi connectivity index (χ2v) is 17.8. The highest BCUT2D eigenvalue weighted by atomic mass is 16.3. The zero-order valence-corrected chi connectivity index (χ0v) is 38.2. The molecule has 0 saturated heterocycles. The van der Waals surface area contributed by atoms with Crippen molar-refractivity contribution in [2.45, 2.75) is 24.7 Å². The molecule has 6 heteroatoms. The maximum atomic E-state index is 11.8. The highest BCUT2D eigenvalue weighted by Crippen LogP contribution is 2.44. The molecular formula is C64H50O6. The summed E-state index contributed by atoms with van der Waals surface area (Å²) in [7, 11) is 0. The molecule has 2 unspecified atom stereocenters. The molecule has 0 fully saturated rings. The van der Waals surface area contributed by atoms with Crippen LogP contribution < -0.4 is 0 Å². The summed E-state index contributed by atoms with van der Waals surface area (Å²) in [5.74, 6) is -0.0220. The Kier molecular flexibility index (Phi) is 12.6. The van der Waals surface area contributed by atoms with Gasteiger partial charge in [-0.2, -0.15) is 0 Å². The van der Waals surface area contributed by atoms with Gasteiger partial charge in [-0.25, -0.2) is 0 Å². The van der Waals surface area contributed by atoms with E-state index in [2.05, 4.69) is 72.8 Å². The number of hydrogen-bond acceptors (Lipinski definition) is 6. The molecule has 0 spiro atoms. The Morgan fingerprint density at radius 1 is 0.257 bits per heavy atom. The van der Waals surface area contributed by atoms with Crippen LogP contribution in [0.4, 0.5) is 0 Å². The van der Waals surface area contributed by atoms with Crippen molar-refractivity contribution in [1.82, 2.24) is 0 Å². The van der Waals surface area contributed by atoms with Gasteiger partial charge in [-0.05, 0) is 164 Å². The molecule has 0 bridgehead atoms. The van der Waals surface area contributed by atoms with E-state index in [9.17, 15) is 30.6 Å². The number of phenolic OH excluding ortho intramolecular Hbond substituents is 6. The van der Waals surface area contributed by atoms with Crippen LogP contribution in [0.3, 0.4) is 0 Å². The molecule has 0 amide bonds. The lowest BCUT2D eigenvalue weighted by molar-refractivity contribution is 0.463. The van der Waals surface area contributed by atoms with Crippen LogP contribution in [0.25, 0.3) is 55.6 Å². The first-order valence-corrected chi connectivity index (χ1v) is 23.3. The summed E-state index contributed by atoms with van der Waals surface area (Å²) in [6.45, 7) is 0. The molecule has 10 aromatic carbocycles. The zero-order valence-electron chi connectivity index (χ0n) is 38.2. The SMILES string of the molecule is Oc1ccc(-c2ccc(O)c(C(Cc3cc(O)ccc3-c3ccc(O)cc3CC(c3ccc(-c4ccccc4)cc3)c3cc(-c4ccc(O)cc4)ccc3O)c3ccc(-c4ccccc4)cc3)c2)cc1. The van der Waals surface area contributed by atoms with Gasteiger partial charge >= 0.3 is 0 Å². The summed E-state index contributed by atoms with van der Waals surface area (Å²) in [4.78, 5) is 0. The molecule has 0 aliphatic carbocycles. The van der Waals surface area contributed by atoms with Crippen molar-refractivity contribution in [3.05, 3.63) is 264 Å². The summed E-state index contributed by atoms with van der Waals surface area (Å²) in [5, 5.41) is 66.2. The minimum atomic E-state index is -0.390. The Morgan fingerprint density at radius 3 is 0.929 bits per heavy atom. The third-order valence-electron chi connectivity index (χ3n) is 13.4. The largest absolute Gasteiger partial charge is 0.508 e. The van der Waals surface area contributed by atoms with E-state index in [1.807, 2.05) is 97.1 Å². The topological polar surface area (TPSA) is 121 Å². The molecule has 10 aromatic rings. The van der Waals surface area contributed by atoms with Crippen molar-refractivity contribution in [1.29, 1.82) is 0 Å². The average Bonchev–Trinajstić information content (AvgIpc) is 3.39. The van der Waals surface area contributed by atoms with E-state index >= 15 is 0 Å². The van der Waals surface area contributed by atoms with E-state index < -0.39 is 11.8 Å². The highest BCUT2D eigenvalue weighted by molar-refractivity contribution is 5.75. The molecular weight excluding hydrogens is 865 g/mol. The predicted octanol–water partition coefficient (Wildman–Crippen LogP) is 15.0. The fraction of sp³-hybridized carbons (Fsp3) is 0.0625. The Bertz CT molecular complexity index is 3170. The van der Waals surface area contributed by atoms with Crippen LogP contribution in [-0.2, 0) is 12.8 Å². The van der Waals surface area contributed by atoms with E-state index in [4.69, 9.17) is 0 Å². The van der Waals surface area contributed by atoms with Crippen LogP contribution in [-0.4, -0.2) is 30.6 Å². The molecule has 342 valence electrons. The standard InChI is InChI=1S/C64H50O6/c65-53-25-19-45(20-26-53)49-23-33-63(69)61(37-49)59(47-15-11-43(12-16-47)41-7-3-1-4-8-41)39-51-35-55(67)29-31-57(51)58-32-30-56(68)36-52(58)40-60(48-17-13-44(14-18-48)42-9-5-2-6-10-42)62-38-50(24-34-64(62)70)46-21-27-54(66)28-22-46/h1-38,59-60,65-70H,39-40H2. The van der Waals surface area contributed by atoms with Gasteiger partial charge in [0, 0.05) is 23.0 Å². The lowest BCUT2D eigenvalue weighted by Gasteiger charge is -2.25. The van der Waals surface area contributed by atoms with Gasteiger partial charge in [0.15, 0.2) is 0 Å². The first-order valence-electron chi connectivity index (χ1n) is 23.3. The van der Waals surface area contributed by atoms with Crippen LogP contribution >= 0.6 is 0 Å². The Balaban J connectivity index is 1.09. The molecule has 0 heterocycles. The lowest BCUT2D eigenvalue weighted by atomic mass is 9.79. The van der Waals surface area contributed by atoms with E-state index in [1.54, 1.807) is 60.7 Å². The van der Waals surface area contributed by atoms with Crippen LogP contribution in [0, 0.1) is 0 Å². The first-order chi connectivity index (χ1) is 34.1. The lowest BCUT2D eigenvalue weighted by Crippen LogP contribution is -2.09. The Labute approximate surface area is 407 Å². The quantitative estimate of drug-likeness (QED) is 0.0685. The van der Waals surface area contributed by atoms with Crippen molar-refractivity contribution >= 4 is 0 Å². The number of aromatic hydroxyl groups is 6. The molecule has 10 rings (SSSR count). The second-order valence-electron chi connectivity index (χ2n) is 17.8. The molecule has 2 atom stereocenters. The van der Waals surface area contributed by atoms with Crippen molar-refractivity contribution < 1.29 is 30.6 Å². The van der Waals surface area contributed by atoms with Gasteiger partial charge < -0.3 is 30.6 Å². The fourth-order valence-corrected chi connectivity index (χ4v) is 9.69.